The number of hydrazone groups is 1. The van der Waals surface area contributed by atoms with Crippen LogP contribution in [0.5, 0.6) is 5.75 Å². The fourth-order valence-corrected chi connectivity index (χ4v) is 2.97. The van der Waals surface area contributed by atoms with E-state index in [1.165, 1.54) is 0 Å². The van der Waals surface area contributed by atoms with Crippen LogP contribution in [0.25, 0.3) is 0 Å². The monoisotopic (exact) mass is 466 g/mol. The molecule has 0 atom stereocenters. The average Bonchev–Trinajstić information content (AvgIpc) is 2.55. The molecule has 0 saturated carbocycles. The summed E-state index contributed by atoms with van der Waals surface area (Å²) in [4.78, 5) is 11.9. The van der Waals surface area contributed by atoms with Crippen molar-refractivity contribution in [3.63, 3.8) is 0 Å². The fourth-order valence-electron chi connectivity index (χ4n) is 2.19. The van der Waals surface area contributed by atoms with Gasteiger partial charge in [-0.05, 0) is 53.8 Å². The summed E-state index contributed by atoms with van der Waals surface area (Å²) in [6, 6.07) is 11.6. The van der Waals surface area contributed by atoms with Gasteiger partial charge >= 0.3 is 0 Å². The molecule has 2 rings (SSSR count). The number of hydrogen-bond acceptors (Lipinski definition) is 3. The van der Waals surface area contributed by atoms with Crippen LogP contribution in [0.1, 0.15) is 36.5 Å². The molecule has 0 saturated heterocycles. The molecule has 0 fully saturated rings. The molecule has 1 N–H and O–H groups in total. The summed E-state index contributed by atoms with van der Waals surface area (Å²) in [5.41, 5.74) is 5.49. The van der Waals surface area contributed by atoms with Gasteiger partial charge in [0.2, 0.25) is 0 Å². The Morgan fingerprint density at radius 3 is 2.72 bits per heavy atom. The molecule has 0 aliphatic carbocycles. The van der Waals surface area contributed by atoms with Crippen molar-refractivity contribution in [1.29, 1.82) is 0 Å². The number of carbonyl (C=O) groups excluding carboxylic acids is 1. The molecular formula is C19H20Br2N2O2. The molecule has 0 aliphatic heterocycles. The van der Waals surface area contributed by atoms with Crippen LogP contribution in [0.15, 0.2) is 50.4 Å². The van der Waals surface area contributed by atoms with Crippen LogP contribution < -0.4 is 10.2 Å². The van der Waals surface area contributed by atoms with E-state index in [9.17, 15) is 4.79 Å². The molecule has 2 aromatic carbocycles. The zero-order valence-corrected chi connectivity index (χ0v) is 17.5. The van der Waals surface area contributed by atoms with Crippen molar-refractivity contribution < 1.29 is 9.53 Å². The normalized spacial score (nSPS) is 11.1. The fraction of sp³-hybridized carbons (Fsp3) is 0.263. The third kappa shape index (κ3) is 5.97. The maximum absolute atomic E-state index is 11.9. The summed E-state index contributed by atoms with van der Waals surface area (Å²) in [5.74, 6) is 0.716. The van der Waals surface area contributed by atoms with Gasteiger partial charge in [-0.2, -0.15) is 5.10 Å². The summed E-state index contributed by atoms with van der Waals surface area (Å²) in [7, 11) is 0. The lowest BCUT2D eigenvalue weighted by atomic mass is 10.0. The van der Waals surface area contributed by atoms with Gasteiger partial charge < -0.3 is 4.74 Å². The predicted octanol–water partition coefficient (Wildman–Crippen LogP) is 5.17. The molecule has 4 nitrogen and oxygen atoms in total. The van der Waals surface area contributed by atoms with Crippen molar-refractivity contribution in [1.82, 2.24) is 5.43 Å². The molecule has 0 bridgehead atoms. The van der Waals surface area contributed by atoms with Crippen molar-refractivity contribution >= 4 is 44.0 Å². The van der Waals surface area contributed by atoms with Gasteiger partial charge in [-0.25, -0.2) is 5.43 Å². The van der Waals surface area contributed by atoms with Gasteiger partial charge in [-0.1, -0.05) is 57.8 Å². The highest BCUT2D eigenvalue weighted by Gasteiger charge is 2.12. The Bertz CT molecular complexity index is 789. The number of amides is 1. The van der Waals surface area contributed by atoms with Crippen LogP contribution in [-0.2, 0) is 4.79 Å². The van der Waals surface area contributed by atoms with Crippen LogP contribution in [0.2, 0.25) is 0 Å². The van der Waals surface area contributed by atoms with Crippen molar-refractivity contribution in [2.45, 2.75) is 26.7 Å². The molecule has 1 amide bonds. The molecule has 0 aliphatic rings. The molecule has 0 heterocycles. The van der Waals surface area contributed by atoms with Gasteiger partial charge in [-0.3, -0.25) is 4.79 Å². The quantitative estimate of drug-likeness (QED) is 0.470. The summed E-state index contributed by atoms with van der Waals surface area (Å²) in [5, 5.41) is 3.95. The number of nitrogens with one attached hydrogen (secondary N) is 1. The molecule has 0 spiro atoms. The number of rotatable bonds is 6. The van der Waals surface area contributed by atoms with Crippen LogP contribution in [0.3, 0.4) is 0 Å². The van der Waals surface area contributed by atoms with Gasteiger partial charge in [0.1, 0.15) is 5.75 Å². The third-order valence-electron chi connectivity index (χ3n) is 3.52. The largest absolute Gasteiger partial charge is 0.483 e. The van der Waals surface area contributed by atoms with Crippen LogP contribution in [0.4, 0.5) is 0 Å². The van der Waals surface area contributed by atoms with Gasteiger partial charge in [0.05, 0.1) is 6.21 Å². The topological polar surface area (TPSA) is 50.7 Å². The minimum absolute atomic E-state index is 0.0867. The minimum Gasteiger partial charge on any atom is -0.483 e. The first kappa shape index (κ1) is 19.7. The Labute approximate surface area is 164 Å². The van der Waals surface area contributed by atoms with Crippen LogP contribution in [-0.4, -0.2) is 18.7 Å². The lowest BCUT2D eigenvalue weighted by Crippen LogP contribution is -2.25. The highest BCUT2D eigenvalue weighted by molar-refractivity contribution is 9.10. The second-order valence-electron chi connectivity index (χ2n) is 5.93. The molecule has 0 unspecified atom stereocenters. The Kier molecular flexibility index (Phi) is 7.20. The van der Waals surface area contributed by atoms with E-state index in [-0.39, 0.29) is 12.5 Å². The van der Waals surface area contributed by atoms with Crippen molar-refractivity contribution in [2.24, 2.45) is 5.10 Å². The zero-order valence-electron chi connectivity index (χ0n) is 14.3. The first-order chi connectivity index (χ1) is 11.9. The van der Waals surface area contributed by atoms with E-state index in [1.807, 2.05) is 43.3 Å². The van der Waals surface area contributed by atoms with Crippen molar-refractivity contribution in [2.75, 3.05) is 6.61 Å². The molecule has 0 aromatic heterocycles. The van der Waals surface area contributed by atoms with Gasteiger partial charge in [0.25, 0.3) is 5.91 Å². The maximum Gasteiger partial charge on any atom is 0.277 e. The van der Waals surface area contributed by atoms with Gasteiger partial charge in [0.15, 0.2) is 6.61 Å². The molecule has 25 heavy (non-hydrogen) atoms. The summed E-state index contributed by atoms with van der Waals surface area (Å²) >= 11 is 6.92. The zero-order chi connectivity index (χ0) is 18.4. The lowest BCUT2D eigenvalue weighted by molar-refractivity contribution is -0.123. The van der Waals surface area contributed by atoms with Gasteiger partial charge in [-0.15, -0.1) is 0 Å². The minimum atomic E-state index is -0.304. The predicted molar refractivity (Wildman–Crippen MR) is 108 cm³/mol. The highest BCUT2D eigenvalue weighted by atomic mass is 79.9. The van der Waals surface area contributed by atoms with E-state index in [0.29, 0.717) is 5.92 Å². The molecule has 132 valence electrons. The number of benzene rings is 2. The third-order valence-corrected chi connectivity index (χ3v) is 4.87. The van der Waals surface area contributed by atoms with Gasteiger partial charge in [0, 0.05) is 8.95 Å². The highest BCUT2D eigenvalue weighted by Crippen LogP contribution is 2.32. The summed E-state index contributed by atoms with van der Waals surface area (Å²) < 4.78 is 7.69. The van der Waals surface area contributed by atoms with E-state index in [4.69, 9.17) is 4.74 Å². The van der Waals surface area contributed by atoms with E-state index in [2.05, 4.69) is 56.2 Å². The van der Waals surface area contributed by atoms with Crippen molar-refractivity contribution in [3.8, 4) is 5.75 Å². The number of ether oxygens (including phenoxy) is 1. The van der Waals surface area contributed by atoms with E-state index in [1.54, 1.807) is 6.21 Å². The Balaban J connectivity index is 1.95. The maximum atomic E-state index is 11.9. The van der Waals surface area contributed by atoms with E-state index >= 15 is 0 Å². The van der Waals surface area contributed by atoms with Crippen molar-refractivity contribution in [3.05, 3.63) is 62.0 Å². The first-order valence-corrected chi connectivity index (χ1v) is 9.45. The number of aryl methyl sites for hydroxylation is 1. The Morgan fingerprint density at radius 1 is 1.28 bits per heavy atom. The Morgan fingerprint density at radius 2 is 2.04 bits per heavy atom. The SMILES string of the molecule is Cc1cc(OCC(=O)N/N=C/c2cccc(Br)c2)c(C(C)C)cc1Br. The number of nitrogens with zero attached hydrogens (tertiary/aromatic N) is 1. The van der Waals surface area contributed by atoms with E-state index in [0.717, 1.165) is 31.4 Å². The number of halogens is 2. The summed E-state index contributed by atoms with van der Waals surface area (Å²) in [6.45, 7) is 6.08. The Hall–Kier alpha value is -1.66. The summed E-state index contributed by atoms with van der Waals surface area (Å²) in [6.07, 6.45) is 1.59. The van der Waals surface area contributed by atoms with Crippen LogP contribution >= 0.6 is 31.9 Å². The number of carbonyl (C=O) groups is 1. The standard InChI is InChI=1S/C19H20Br2N2O2/c1-12(2)16-9-17(21)13(3)7-18(16)25-11-19(24)23-22-10-14-5-4-6-15(20)8-14/h4-10,12H,11H2,1-3H3,(H,23,24)/b22-10+. The molecule has 2 aromatic rings. The van der Waals surface area contributed by atoms with Crippen LogP contribution in [0, 0.1) is 6.92 Å². The second kappa shape index (κ2) is 9.15. The second-order valence-corrected chi connectivity index (χ2v) is 7.70. The smallest absolute Gasteiger partial charge is 0.277 e. The molecule has 0 radical (unpaired) electrons. The lowest BCUT2D eigenvalue weighted by Gasteiger charge is -2.15. The first-order valence-electron chi connectivity index (χ1n) is 7.87. The molecule has 6 heteroatoms. The molecular weight excluding hydrogens is 448 g/mol. The average molecular weight is 468 g/mol. The van der Waals surface area contributed by atoms with E-state index < -0.39 is 0 Å². The number of hydrogen-bond donors (Lipinski definition) is 1.